The number of nitrogens with one attached hydrogen (secondary N) is 2. The largest absolute Gasteiger partial charge is 0.445 e. The predicted octanol–water partition coefficient (Wildman–Crippen LogP) is 0.912. The van der Waals surface area contributed by atoms with Crippen molar-refractivity contribution in [2.45, 2.75) is 25.7 Å². The highest BCUT2D eigenvalue weighted by Crippen LogP contribution is 2.24. The Morgan fingerprint density at radius 2 is 2.00 bits per heavy atom. The lowest BCUT2D eigenvalue weighted by Gasteiger charge is -2.19. The monoisotopic (exact) mass is 377 g/mol. The highest BCUT2D eigenvalue weighted by molar-refractivity contribution is 5.67. The van der Waals surface area contributed by atoms with E-state index in [0.29, 0.717) is 0 Å². The number of ether oxygens (including phenoxy) is 1. The molecule has 0 spiro atoms. The van der Waals surface area contributed by atoms with Crippen molar-refractivity contribution in [3.05, 3.63) is 73.7 Å². The Morgan fingerprint density at radius 1 is 1.33 bits per heavy atom. The highest BCUT2D eigenvalue weighted by atomic mass is 16.6. The first-order valence-electron chi connectivity index (χ1n) is 7.98. The van der Waals surface area contributed by atoms with E-state index in [1.54, 1.807) is 24.3 Å². The lowest BCUT2D eigenvalue weighted by atomic mass is 10.0. The number of rotatable bonds is 7. The number of benzene rings is 1. The van der Waals surface area contributed by atoms with Gasteiger partial charge in [-0.05, 0) is 12.5 Å². The minimum absolute atomic E-state index is 0.0201. The molecule has 0 aliphatic carbocycles. The second-order valence-corrected chi connectivity index (χ2v) is 5.76. The van der Waals surface area contributed by atoms with Crippen LogP contribution in [0.1, 0.15) is 22.8 Å². The number of aromatic amines is 1. The van der Waals surface area contributed by atoms with Gasteiger partial charge in [0.2, 0.25) is 0 Å². The molecule has 1 aromatic heterocycles. The number of hydrogen-bond acceptors (Lipinski definition) is 7. The van der Waals surface area contributed by atoms with Crippen LogP contribution in [0, 0.1) is 17.0 Å². The molecule has 0 saturated carbocycles. The summed E-state index contributed by atoms with van der Waals surface area (Å²) in [6.07, 6.45) is -2.74. The van der Waals surface area contributed by atoms with Crippen LogP contribution in [0.15, 0.2) is 41.3 Å². The van der Waals surface area contributed by atoms with Gasteiger partial charge in [-0.25, -0.2) is 4.79 Å². The summed E-state index contributed by atoms with van der Waals surface area (Å²) in [6.45, 7) is 0.970. The van der Waals surface area contributed by atoms with Gasteiger partial charge in [0.25, 0.3) is 0 Å². The van der Waals surface area contributed by atoms with Gasteiger partial charge in [0.05, 0.1) is 4.92 Å². The third kappa shape index (κ3) is 5.12. The molecule has 4 N–H and O–H groups in total. The van der Waals surface area contributed by atoms with Crippen LogP contribution in [0.3, 0.4) is 0 Å². The van der Waals surface area contributed by atoms with Crippen molar-refractivity contribution >= 4 is 11.8 Å². The average Bonchev–Trinajstić information content (AvgIpc) is 2.64. The van der Waals surface area contributed by atoms with E-state index < -0.39 is 34.5 Å². The molecule has 0 bridgehead atoms. The van der Waals surface area contributed by atoms with Gasteiger partial charge in [0.15, 0.2) is 0 Å². The number of aliphatic hydroxyl groups is 2. The zero-order valence-electron chi connectivity index (χ0n) is 14.4. The van der Waals surface area contributed by atoms with Gasteiger partial charge in [-0.3, -0.25) is 14.9 Å². The standard InChI is InChI=1S/C17H19N3O7/c1-10-12(7-18-16(23)14(10)20(25)26)15(22)13(21)8-19-17(24)27-9-11-5-3-2-4-6-11/h2-7,13,15,21-22H,8-9H2,1H3,(H,18,23)(H,19,24). The van der Waals surface area contributed by atoms with Crippen LogP contribution < -0.4 is 10.9 Å². The molecule has 0 radical (unpaired) electrons. The molecule has 0 fully saturated rings. The summed E-state index contributed by atoms with van der Waals surface area (Å²) in [4.78, 5) is 35.4. The van der Waals surface area contributed by atoms with Gasteiger partial charge in [-0.1, -0.05) is 30.3 Å². The summed E-state index contributed by atoms with van der Waals surface area (Å²) >= 11 is 0. The van der Waals surface area contributed by atoms with Crippen molar-refractivity contribution in [1.82, 2.24) is 10.3 Å². The average molecular weight is 377 g/mol. The fraction of sp³-hybridized carbons (Fsp3) is 0.294. The van der Waals surface area contributed by atoms with E-state index in [9.17, 15) is 29.9 Å². The molecular formula is C17H19N3O7. The fourth-order valence-corrected chi connectivity index (χ4v) is 2.43. The van der Waals surface area contributed by atoms with E-state index >= 15 is 0 Å². The lowest BCUT2D eigenvalue weighted by Crippen LogP contribution is -2.36. The molecule has 1 heterocycles. The van der Waals surface area contributed by atoms with Crippen LogP contribution in [-0.4, -0.2) is 38.9 Å². The van der Waals surface area contributed by atoms with Gasteiger partial charge in [-0.2, -0.15) is 0 Å². The lowest BCUT2D eigenvalue weighted by molar-refractivity contribution is -0.387. The van der Waals surface area contributed by atoms with E-state index in [0.717, 1.165) is 11.8 Å². The van der Waals surface area contributed by atoms with Gasteiger partial charge >= 0.3 is 17.3 Å². The zero-order chi connectivity index (χ0) is 20.0. The molecule has 27 heavy (non-hydrogen) atoms. The molecule has 0 aliphatic rings. The van der Waals surface area contributed by atoms with Crippen LogP contribution in [0.2, 0.25) is 0 Å². The van der Waals surface area contributed by atoms with E-state index in [1.165, 1.54) is 6.92 Å². The number of carbonyl (C=O) groups is 1. The van der Waals surface area contributed by atoms with Gasteiger partial charge in [0, 0.05) is 23.9 Å². The smallest absolute Gasteiger partial charge is 0.407 e. The Bertz CT molecular complexity index is 867. The summed E-state index contributed by atoms with van der Waals surface area (Å²) < 4.78 is 4.97. The quantitative estimate of drug-likeness (QED) is 0.413. The van der Waals surface area contributed by atoms with Gasteiger partial charge in [0.1, 0.15) is 18.8 Å². The number of aromatic nitrogens is 1. The van der Waals surface area contributed by atoms with Gasteiger partial charge in [-0.15, -0.1) is 0 Å². The van der Waals surface area contributed by atoms with Crippen LogP contribution >= 0.6 is 0 Å². The number of carbonyl (C=O) groups excluding carboxylic acids is 1. The molecule has 2 atom stereocenters. The van der Waals surface area contributed by atoms with Crippen molar-refractivity contribution < 1.29 is 24.7 Å². The summed E-state index contributed by atoms with van der Waals surface area (Å²) in [6, 6.07) is 8.96. The minimum Gasteiger partial charge on any atom is -0.445 e. The van der Waals surface area contributed by atoms with E-state index in [4.69, 9.17) is 4.74 Å². The normalized spacial score (nSPS) is 12.9. The SMILES string of the molecule is Cc1c(C(O)C(O)CNC(=O)OCc2ccccc2)c[nH]c(=O)c1[N+](=O)[O-]. The maximum atomic E-state index is 11.7. The molecule has 2 aromatic rings. The van der Waals surface area contributed by atoms with E-state index in [-0.39, 0.29) is 24.3 Å². The molecule has 1 aromatic carbocycles. The topological polar surface area (TPSA) is 155 Å². The molecule has 1 amide bonds. The van der Waals surface area contributed by atoms with Crippen molar-refractivity contribution in [1.29, 1.82) is 0 Å². The van der Waals surface area contributed by atoms with Crippen LogP contribution in [0.5, 0.6) is 0 Å². The first-order valence-corrected chi connectivity index (χ1v) is 7.98. The van der Waals surface area contributed by atoms with E-state index in [2.05, 4.69) is 10.3 Å². The first-order chi connectivity index (χ1) is 12.8. The number of hydrogen-bond donors (Lipinski definition) is 4. The Hall–Kier alpha value is -3.24. The Balaban J connectivity index is 1.95. The minimum atomic E-state index is -1.56. The third-order valence-electron chi connectivity index (χ3n) is 3.90. The zero-order valence-corrected chi connectivity index (χ0v) is 14.4. The summed E-state index contributed by atoms with van der Waals surface area (Å²) in [5, 5.41) is 33.5. The van der Waals surface area contributed by atoms with Crippen LogP contribution in [0.25, 0.3) is 0 Å². The molecule has 10 nitrogen and oxygen atoms in total. The molecule has 2 rings (SSSR count). The number of amides is 1. The predicted molar refractivity (Wildman–Crippen MR) is 94.1 cm³/mol. The fourth-order valence-electron chi connectivity index (χ4n) is 2.43. The third-order valence-corrected chi connectivity index (χ3v) is 3.90. The summed E-state index contributed by atoms with van der Waals surface area (Å²) in [5.74, 6) is 0. The molecule has 10 heteroatoms. The Morgan fingerprint density at radius 3 is 2.63 bits per heavy atom. The first kappa shape index (κ1) is 20.1. The van der Waals surface area contributed by atoms with Crippen LogP contribution in [-0.2, 0) is 11.3 Å². The second-order valence-electron chi connectivity index (χ2n) is 5.76. The van der Waals surface area contributed by atoms with Gasteiger partial charge < -0.3 is 25.3 Å². The van der Waals surface area contributed by atoms with Crippen molar-refractivity contribution in [2.75, 3.05) is 6.54 Å². The number of nitro groups is 1. The Kier molecular flexibility index (Phi) is 6.63. The second kappa shape index (κ2) is 8.92. The highest BCUT2D eigenvalue weighted by Gasteiger charge is 2.27. The summed E-state index contributed by atoms with van der Waals surface area (Å²) in [5.41, 5.74) is -0.931. The maximum Gasteiger partial charge on any atom is 0.407 e. The van der Waals surface area contributed by atoms with Crippen LogP contribution in [0.4, 0.5) is 10.5 Å². The van der Waals surface area contributed by atoms with Crippen molar-refractivity contribution in [3.8, 4) is 0 Å². The molecule has 144 valence electrons. The molecule has 0 saturated heterocycles. The number of H-pyrrole nitrogens is 1. The molecular weight excluding hydrogens is 358 g/mol. The molecule has 0 aliphatic heterocycles. The number of aliphatic hydroxyl groups excluding tert-OH is 2. The number of nitrogens with zero attached hydrogens (tertiary/aromatic N) is 1. The number of pyridine rings is 1. The number of alkyl carbamates (subject to hydrolysis) is 1. The van der Waals surface area contributed by atoms with Crippen molar-refractivity contribution in [2.24, 2.45) is 0 Å². The maximum absolute atomic E-state index is 11.7. The Labute approximate surface area is 153 Å². The van der Waals surface area contributed by atoms with Crippen molar-refractivity contribution in [3.63, 3.8) is 0 Å². The molecule has 2 unspecified atom stereocenters. The summed E-state index contributed by atoms with van der Waals surface area (Å²) in [7, 11) is 0. The van der Waals surface area contributed by atoms with E-state index in [1.807, 2.05) is 6.07 Å².